The van der Waals surface area contributed by atoms with Gasteiger partial charge in [0.25, 0.3) is 5.91 Å². The van der Waals surface area contributed by atoms with Crippen LogP contribution in [0.2, 0.25) is 0 Å². The molecule has 2 saturated heterocycles. The summed E-state index contributed by atoms with van der Waals surface area (Å²) in [6.45, 7) is 3.21. The number of aromatic nitrogens is 1. The van der Waals surface area contributed by atoms with Crippen molar-refractivity contribution < 1.29 is 13.7 Å². The normalized spacial score (nSPS) is 30.0. The van der Waals surface area contributed by atoms with Crippen LogP contribution in [-0.2, 0) is 32.1 Å². The van der Waals surface area contributed by atoms with E-state index in [2.05, 4.69) is 15.3 Å². The second-order valence-corrected chi connectivity index (χ2v) is 10.2. The highest BCUT2D eigenvalue weighted by molar-refractivity contribution is 7.93. The highest BCUT2D eigenvalue weighted by atomic mass is 32.2. The van der Waals surface area contributed by atoms with E-state index >= 15 is 0 Å². The van der Waals surface area contributed by atoms with Crippen LogP contribution in [0, 0.1) is 11.3 Å². The number of rotatable bonds is 1. The van der Waals surface area contributed by atoms with Gasteiger partial charge in [0.1, 0.15) is 11.9 Å². The standard InChI is InChI=1S/C19H24N4O3S/c1-14(24)22-27(25)9-5-19(6-10-27)13-23(7-8-26-19)18-16(12-20)11-15-3-2-4-17(15)21-18/h11H,2-10,13H2,1H3. The lowest BCUT2D eigenvalue weighted by atomic mass is 9.94. The van der Waals surface area contributed by atoms with E-state index in [0.29, 0.717) is 49.6 Å². The SMILES string of the molecule is CC(=O)N=S1(=O)CCC2(CC1)CN(c1nc3c(cc1C#N)CCC3)CCO2. The lowest BCUT2D eigenvalue weighted by molar-refractivity contribution is -0.115. The van der Waals surface area contributed by atoms with Crippen molar-refractivity contribution in [3.05, 3.63) is 22.9 Å². The average molecular weight is 388 g/mol. The quantitative estimate of drug-likeness (QED) is 0.728. The lowest BCUT2D eigenvalue weighted by Gasteiger charge is -2.45. The Balaban J connectivity index is 1.57. The molecule has 0 atom stereocenters. The molecular weight excluding hydrogens is 364 g/mol. The molecular formula is C19H24N4O3S. The van der Waals surface area contributed by atoms with Crippen LogP contribution in [0.3, 0.4) is 0 Å². The molecule has 2 fully saturated rings. The van der Waals surface area contributed by atoms with Crippen molar-refractivity contribution in [1.82, 2.24) is 4.98 Å². The van der Waals surface area contributed by atoms with Crippen molar-refractivity contribution >= 4 is 21.5 Å². The van der Waals surface area contributed by atoms with Crippen molar-refractivity contribution in [2.75, 3.05) is 36.1 Å². The Morgan fingerprint density at radius 2 is 2.19 bits per heavy atom. The van der Waals surface area contributed by atoms with Crippen molar-refractivity contribution in [3.63, 3.8) is 0 Å². The molecule has 2 aliphatic heterocycles. The summed E-state index contributed by atoms with van der Waals surface area (Å²) in [6.07, 6.45) is 4.27. The van der Waals surface area contributed by atoms with Crippen LogP contribution in [0.1, 0.15) is 43.0 Å². The molecule has 0 unspecified atom stereocenters. The molecule has 1 aromatic rings. The topological polar surface area (TPSA) is 95.7 Å². The molecule has 3 aliphatic rings. The Hall–Kier alpha value is -1.98. The molecule has 0 radical (unpaired) electrons. The zero-order chi connectivity index (χ0) is 19.1. The Morgan fingerprint density at radius 3 is 2.89 bits per heavy atom. The monoisotopic (exact) mass is 388 g/mol. The summed E-state index contributed by atoms with van der Waals surface area (Å²) in [5.74, 6) is 1.13. The molecule has 1 aromatic heterocycles. The van der Waals surface area contributed by atoms with Gasteiger partial charge in [0.15, 0.2) is 0 Å². The fraction of sp³-hybridized carbons (Fsp3) is 0.632. The van der Waals surface area contributed by atoms with Crippen LogP contribution in [-0.4, -0.2) is 51.9 Å². The van der Waals surface area contributed by atoms with Gasteiger partial charge >= 0.3 is 0 Å². The fourth-order valence-electron chi connectivity index (χ4n) is 4.36. The summed E-state index contributed by atoms with van der Waals surface area (Å²) in [5, 5.41) is 9.60. The van der Waals surface area contributed by atoms with Gasteiger partial charge in [-0.3, -0.25) is 4.79 Å². The lowest BCUT2D eigenvalue weighted by Crippen LogP contribution is -2.55. The minimum atomic E-state index is -2.46. The summed E-state index contributed by atoms with van der Waals surface area (Å²) in [6, 6.07) is 4.30. The number of fused-ring (bicyclic) bond motifs is 1. The third-order valence-electron chi connectivity index (χ3n) is 5.75. The minimum Gasteiger partial charge on any atom is -0.371 e. The molecule has 1 amide bonds. The van der Waals surface area contributed by atoms with Crippen LogP contribution in [0.25, 0.3) is 0 Å². The Kier molecular flexibility index (Phi) is 4.68. The van der Waals surface area contributed by atoms with Crippen LogP contribution in [0.5, 0.6) is 0 Å². The van der Waals surface area contributed by atoms with E-state index in [1.54, 1.807) is 0 Å². The van der Waals surface area contributed by atoms with Gasteiger partial charge in [0.2, 0.25) is 0 Å². The molecule has 0 bridgehead atoms. The number of aryl methyl sites for hydroxylation is 2. The number of pyridine rings is 1. The first-order chi connectivity index (χ1) is 12.9. The molecule has 27 heavy (non-hydrogen) atoms. The molecule has 4 rings (SSSR count). The predicted molar refractivity (Wildman–Crippen MR) is 102 cm³/mol. The molecule has 0 aromatic carbocycles. The smallest absolute Gasteiger partial charge is 0.250 e. The predicted octanol–water partition coefficient (Wildman–Crippen LogP) is 1.83. The zero-order valence-corrected chi connectivity index (χ0v) is 16.4. The van der Waals surface area contributed by atoms with E-state index in [4.69, 9.17) is 9.72 Å². The molecule has 0 saturated carbocycles. The average Bonchev–Trinajstić information content (AvgIpc) is 3.10. The van der Waals surface area contributed by atoms with Gasteiger partial charge in [-0.1, -0.05) is 0 Å². The number of carbonyl (C=O) groups excluding carboxylic acids is 1. The molecule has 3 heterocycles. The van der Waals surface area contributed by atoms with E-state index in [1.807, 2.05) is 6.07 Å². The van der Waals surface area contributed by atoms with Crippen LogP contribution in [0.15, 0.2) is 10.4 Å². The van der Waals surface area contributed by atoms with E-state index in [-0.39, 0.29) is 5.91 Å². The number of carbonyl (C=O) groups is 1. The number of morpholine rings is 1. The summed E-state index contributed by atoms with van der Waals surface area (Å²) >= 11 is 0. The van der Waals surface area contributed by atoms with E-state index < -0.39 is 15.3 Å². The number of ether oxygens (including phenoxy) is 1. The second-order valence-electron chi connectivity index (χ2n) is 7.67. The molecule has 144 valence electrons. The van der Waals surface area contributed by atoms with Crippen LogP contribution in [0.4, 0.5) is 5.82 Å². The minimum absolute atomic E-state index is 0.372. The van der Waals surface area contributed by atoms with Gasteiger partial charge in [-0.05, 0) is 43.7 Å². The molecule has 1 aliphatic carbocycles. The summed E-state index contributed by atoms with van der Waals surface area (Å²) < 4.78 is 22.7. The number of nitrogens with zero attached hydrogens (tertiary/aromatic N) is 4. The summed E-state index contributed by atoms with van der Waals surface area (Å²) in [4.78, 5) is 18.2. The number of amides is 1. The van der Waals surface area contributed by atoms with E-state index in [1.165, 1.54) is 12.5 Å². The first-order valence-electron chi connectivity index (χ1n) is 9.47. The second kappa shape index (κ2) is 6.88. The zero-order valence-electron chi connectivity index (χ0n) is 15.6. The molecule has 8 heteroatoms. The van der Waals surface area contributed by atoms with Gasteiger partial charge < -0.3 is 9.64 Å². The molecule has 0 N–H and O–H groups in total. The van der Waals surface area contributed by atoms with Crippen molar-refractivity contribution in [2.45, 2.75) is 44.6 Å². The van der Waals surface area contributed by atoms with Gasteiger partial charge in [-0.25, -0.2) is 9.19 Å². The van der Waals surface area contributed by atoms with Crippen molar-refractivity contribution in [3.8, 4) is 6.07 Å². The maximum absolute atomic E-state index is 12.7. The number of hydrogen-bond acceptors (Lipinski definition) is 6. The maximum atomic E-state index is 12.7. The Morgan fingerprint density at radius 1 is 1.41 bits per heavy atom. The van der Waals surface area contributed by atoms with Crippen molar-refractivity contribution in [2.24, 2.45) is 4.36 Å². The fourth-order valence-corrected chi connectivity index (χ4v) is 6.59. The highest BCUT2D eigenvalue weighted by Gasteiger charge is 2.42. The Bertz CT molecular complexity index is 929. The van der Waals surface area contributed by atoms with Gasteiger partial charge in [-0.2, -0.15) is 9.62 Å². The number of nitriles is 1. The van der Waals surface area contributed by atoms with Crippen molar-refractivity contribution in [1.29, 1.82) is 5.26 Å². The summed E-state index contributed by atoms with van der Waals surface area (Å²) in [5.41, 5.74) is 2.52. The first kappa shape index (κ1) is 18.4. The third-order valence-corrected chi connectivity index (χ3v) is 8.02. The third kappa shape index (κ3) is 3.58. The Labute approximate surface area is 159 Å². The van der Waals surface area contributed by atoms with Crippen LogP contribution >= 0.6 is 0 Å². The van der Waals surface area contributed by atoms with Crippen LogP contribution < -0.4 is 4.90 Å². The van der Waals surface area contributed by atoms with Gasteiger partial charge in [0, 0.05) is 37.2 Å². The highest BCUT2D eigenvalue weighted by Crippen LogP contribution is 2.35. The number of anilines is 1. The molecule has 7 nitrogen and oxygen atoms in total. The molecule has 1 spiro atoms. The van der Waals surface area contributed by atoms with Gasteiger partial charge in [0.05, 0.1) is 27.5 Å². The summed E-state index contributed by atoms with van der Waals surface area (Å²) in [7, 11) is -2.46. The first-order valence-corrected chi connectivity index (χ1v) is 11.3. The van der Waals surface area contributed by atoms with Gasteiger partial charge in [-0.15, -0.1) is 0 Å². The van der Waals surface area contributed by atoms with E-state index in [9.17, 15) is 14.3 Å². The maximum Gasteiger partial charge on any atom is 0.250 e. The number of hydrogen-bond donors (Lipinski definition) is 0. The largest absolute Gasteiger partial charge is 0.371 e. The van der Waals surface area contributed by atoms with E-state index in [0.717, 1.165) is 30.8 Å².